The van der Waals surface area contributed by atoms with E-state index >= 15 is 0 Å². The summed E-state index contributed by atoms with van der Waals surface area (Å²) in [5.41, 5.74) is 0.284. The standard InChI is InChI=1S/C15H20BrNO3/c1-5-10-19-13(11-6-8-12(16)9-7-11)17-14(18)20-15(2,3)4/h5-10,13H,1-4H3,(H,17,18)/b10-5-/t13-/m0/s1. The number of nitrogens with one attached hydrogen (secondary N) is 1. The Kier molecular flexibility index (Phi) is 6.07. The van der Waals surface area contributed by atoms with Gasteiger partial charge in [0.2, 0.25) is 0 Å². The van der Waals surface area contributed by atoms with Gasteiger partial charge in [-0.2, -0.15) is 0 Å². The normalized spacial score (nSPS) is 13.1. The van der Waals surface area contributed by atoms with Crippen LogP contribution < -0.4 is 5.32 Å². The third-order valence-corrected chi connectivity index (χ3v) is 2.70. The summed E-state index contributed by atoms with van der Waals surface area (Å²) in [7, 11) is 0. The van der Waals surface area contributed by atoms with Crippen LogP contribution in [0, 0.1) is 0 Å². The highest BCUT2D eigenvalue weighted by molar-refractivity contribution is 9.10. The third-order valence-electron chi connectivity index (χ3n) is 2.17. The Hall–Kier alpha value is -1.49. The largest absolute Gasteiger partial charge is 0.474 e. The van der Waals surface area contributed by atoms with E-state index in [2.05, 4.69) is 21.2 Å². The van der Waals surface area contributed by atoms with Crippen LogP contribution in [-0.4, -0.2) is 11.7 Å². The van der Waals surface area contributed by atoms with Gasteiger partial charge in [-0.25, -0.2) is 4.79 Å². The van der Waals surface area contributed by atoms with Crippen LogP contribution in [0.3, 0.4) is 0 Å². The topological polar surface area (TPSA) is 47.6 Å². The zero-order valence-electron chi connectivity index (χ0n) is 12.1. The van der Waals surface area contributed by atoms with Gasteiger partial charge in [0.1, 0.15) is 5.60 Å². The van der Waals surface area contributed by atoms with Crippen LogP contribution in [0.25, 0.3) is 0 Å². The predicted octanol–water partition coefficient (Wildman–Crippen LogP) is 4.52. The van der Waals surface area contributed by atoms with Crippen LogP contribution in [0.4, 0.5) is 4.79 Å². The lowest BCUT2D eigenvalue weighted by Gasteiger charge is -2.23. The maximum absolute atomic E-state index is 11.8. The summed E-state index contributed by atoms with van der Waals surface area (Å²) in [5.74, 6) is 0. The molecule has 4 nitrogen and oxygen atoms in total. The highest BCUT2D eigenvalue weighted by atomic mass is 79.9. The fourth-order valence-electron chi connectivity index (χ4n) is 1.41. The summed E-state index contributed by atoms with van der Waals surface area (Å²) < 4.78 is 11.7. The molecule has 0 fully saturated rings. The number of amides is 1. The lowest BCUT2D eigenvalue weighted by atomic mass is 10.2. The van der Waals surface area contributed by atoms with E-state index in [4.69, 9.17) is 9.47 Å². The minimum atomic E-state index is -0.589. The molecule has 1 atom stereocenters. The fourth-order valence-corrected chi connectivity index (χ4v) is 1.67. The molecule has 1 aromatic carbocycles. The van der Waals surface area contributed by atoms with E-state index in [1.807, 2.05) is 52.0 Å². The van der Waals surface area contributed by atoms with E-state index < -0.39 is 17.9 Å². The van der Waals surface area contributed by atoms with Crippen LogP contribution in [-0.2, 0) is 9.47 Å². The maximum Gasteiger partial charge on any atom is 0.410 e. The van der Waals surface area contributed by atoms with Crippen LogP contribution in [0.15, 0.2) is 41.1 Å². The van der Waals surface area contributed by atoms with Crippen molar-refractivity contribution in [2.45, 2.75) is 39.5 Å². The number of carbonyl (C=O) groups excluding carboxylic acids is 1. The molecule has 0 aliphatic rings. The third kappa shape index (κ3) is 6.10. The van der Waals surface area contributed by atoms with Crippen molar-refractivity contribution in [2.24, 2.45) is 0 Å². The molecule has 0 radical (unpaired) electrons. The zero-order valence-corrected chi connectivity index (χ0v) is 13.7. The number of hydrogen-bond donors (Lipinski definition) is 1. The van der Waals surface area contributed by atoms with Crippen molar-refractivity contribution >= 4 is 22.0 Å². The molecule has 0 aliphatic heterocycles. The highest BCUT2D eigenvalue weighted by Gasteiger charge is 2.20. The summed E-state index contributed by atoms with van der Waals surface area (Å²) in [4.78, 5) is 11.8. The molecule has 20 heavy (non-hydrogen) atoms. The second kappa shape index (κ2) is 7.33. The van der Waals surface area contributed by atoms with E-state index in [1.165, 1.54) is 6.26 Å². The number of benzene rings is 1. The first kappa shape index (κ1) is 16.6. The summed E-state index contributed by atoms with van der Waals surface area (Å²) in [6, 6.07) is 7.52. The van der Waals surface area contributed by atoms with Gasteiger partial charge < -0.3 is 9.47 Å². The molecule has 0 heterocycles. The molecule has 0 aromatic heterocycles. The Balaban J connectivity index is 2.79. The van der Waals surface area contributed by atoms with E-state index in [9.17, 15) is 4.79 Å². The van der Waals surface area contributed by atoms with Crippen molar-refractivity contribution < 1.29 is 14.3 Å². The van der Waals surface area contributed by atoms with Crippen LogP contribution in [0.1, 0.15) is 39.5 Å². The molecule has 0 spiro atoms. The Morgan fingerprint density at radius 1 is 1.30 bits per heavy atom. The second-order valence-electron chi connectivity index (χ2n) is 5.18. The molecular weight excluding hydrogens is 322 g/mol. The zero-order chi connectivity index (χ0) is 15.2. The van der Waals surface area contributed by atoms with Crippen molar-refractivity contribution in [3.63, 3.8) is 0 Å². The number of rotatable bonds is 4. The van der Waals surface area contributed by atoms with Gasteiger partial charge in [-0.05, 0) is 39.8 Å². The molecule has 0 aliphatic carbocycles. The first-order chi connectivity index (χ1) is 9.31. The molecular formula is C15H20BrNO3. The lowest BCUT2D eigenvalue weighted by Crippen LogP contribution is -2.35. The van der Waals surface area contributed by atoms with E-state index in [0.717, 1.165) is 10.0 Å². The molecule has 110 valence electrons. The Morgan fingerprint density at radius 3 is 2.40 bits per heavy atom. The average Bonchev–Trinajstić information content (AvgIpc) is 2.33. The number of carbonyl (C=O) groups is 1. The molecule has 0 bridgehead atoms. The molecule has 0 unspecified atom stereocenters. The lowest BCUT2D eigenvalue weighted by molar-refractivity contribution is 0.0320. The van der Waals surface area contributed by atoms with Crippen LogP contribution >= 0.6 is 15.9 Å². The first-order valence-corrected chi connectivity index (χ1v) is 7.13. The van der Waals surface area contributed by atoms with Crippen molar-refractivity contribution in [1.29, 1.82) is 0 Å². The molecule has 0 saturated carbocycles. The van der Waals surface area contributed by atoms with Gasteiger partial charge in [0.25, 0.3) is 0 Å². The van der Waals surface area contributed by atoms with Gasteiger partial charge in [0.15, 0.2) is 6.23 Å². The van der Waals surface area contributed by atoms with Gasteiger partial charge in [-0.3, -0.25) is 5.32 Å². The van der Waals surface area contributed by atoms with E-state index in [0.29, 0.717) is 0 Å². The summed E-state index contributed by atoms with van der Waals surface area (Å²) in [6.07, 6.45) is 2.18. The number of halogens is 1. The molecule has 0 saturated heterocycles. The molecule has 5 heteroatoms. The Bertz CT molecular complexity index is 463. The smallest absolute Gasteiger partial charge is 0.410 e. The van der Waals surface area contributed by atoms with Gasteiger partial charge >= 0.3 is 6.09 Å². The van der Waals surface area contributed by atoms with Gasteiger partial charge in [-0.15, -0.1) is 0 Å². The van der Waals surface area contributed by atoms with Crippen molar-refractivity contribution in [3.8, 4) is 0 Å². The van der Waals surface area contributed by atoms with E-state index in [-0.39, 0.29) is 0 Å². The SMILES string of the molecule is C/C=C\O[C@H](NC(=O)OC(C)(C)C)c1ccc(Br)cc1. The number of hydrogen-bond acceptors (Lipinski definition) is 3. The highest BCUT2D eigenvalue weighted by Crippen LogP contribution is 2.19. The molecule has 1 rings (SSSR count). The fraction of sp³-hybridized carbons (Fsp3) is 0.400. The summed E-state index contributed by atoms with van der Waals surface area (Å²) >= 11 is 3.37. The first-order valence-electron chi connectivity index (χ1n) is 6.33. The summed E-state index contributed by atoms with van der Waals surface area (Å²) in [6.45, 7) is 7.28. The quantitative estimate of drug-likeness (QED) is 0.646. The summed E-state index contributed by atoms with van der Waals surface area (Å²) in [5, 5.41) is 2.69. The molecule has 1 amide bonds. The second-order valence-corrected chi connectivity index (χ2v) is 6.10. The van der Waals surface area contributed by atoms with Crippen LogP contribution in [0.2, 0.25) is 0 Å². The van der Waals surface area contributed by atoms with Crippen molar-refractivity contribution in [3.05, 3.63) is 46.6 Å². The molecule has 1 aromatic rings. The van der Waals surface area contributed by atoms with E-state index in [1.54, 1.807) is 6.08 Å². The van der Waals surface area contributed by atoms with Gasteiger partial charge in [-0.1, -0.05) is 34.1 Å². The van der Waals surface area contributed by atoms with Crippen molar-refractivity contribution in [1.82, 2.24) is 5.32 Å². The number of ether oxygens (including phenoxy) is 2. The number of allylic oxidation sites excluding steroid dienone is 1. The minimum Gasteiger partial charge on any atom is -0.474 e. The predicted molar refractivity (Wildman–Crippen MR) is 82.2 cm³/mol. The van der Waals surface area contributed by atoms with Gasteiger partial charge in [0, 0.05) is 10.0 Å². The monoisotopic (exact) mass is 341 g/mol. The van der Waals surface area contributed by atoms with Gasteiger partial charge in [0.05, 0.1) is 6.26 Å². The minimum absolute atomic E-state index is 0.519. The maximum atomic E-state index is 11.8. The van der Waals surface area contributed by atoms with Crippen LogP contribution in [0.5, 0.6) is 0 Å². The average molecular weight is 342 g/mol. The molecule has 1 N–H and O–H groups in total. The Labute approximate surface area is 128 Å². The Morgan fingerprint density at radius 2 is 1.90 bits per heavy atom. The number of alkyl carbamates (subject to hydrolysis) is 1. The van der Waals surface area contributed by atoms with Crippen molar-refractivity contribution in [2.75, 3.05) is 0 Å².